The van der Waals surface area contributed by atoms with Crippen molar-refractivity contribution in [3.8, 4) is 5.88 Å². The molecule has 2 rings (SSSR count). The highest BCUT2D eigenvalue weighted by Crippen LogP contribution is 2.22. The Morgan fingerprint density at radius 2 is 2.50 bits per heavy atom. The van der Waals surface area contributed by atoms with Gasteiger partial charge in [-0.05, 0) is 13.0 Å². The molecule has 2 aromatic rings. The largest absolute Gasteiger partial charge is 0.502 e. The van der Waals surface area contributed by atoms with E-state index in [1.807, 2.05) is 11.6 Å². The molecule has 0 atom stereocenters. The summed E-state index contributed by atoms with van der Waals surface area (Å²) in [7, 11) is 1.65. The first-order valence-corrected chi connectivity index (χ1v) is 6.66. The zero-order valence-electron chi connectivity index (χ0n) is 10.4. The van der Waals surface area contributed by atoms with Gasteiger partial charge in [-0.15, -0.1) is 11.3 Å². The van der Waals surface area contributed by atoms with Crippen LogP contribution >= 0.6 is 11.3 Å². The van der Waals surface area contributed by atoms with Crippen LogP contribution in [0.25, 0.3) is 4.96 Å². The number of fused-ring (bicyclic) bond motifs is 1. The number of rotatable bonds is 8. The molecule has 6 heteroatoms. The maximum Gasteiger partial charge on any atom is 0.237 e. The van der Waals surface area contributed by atoms with Gasteiger partial charge in [0.1, 0.15) is 5.69 Å². The maximum atomic E-state index is 5.28. The number of imidazole rings is 1. The lowest BCUT2D eigenvalue weighted by atomic mass is 10.4. The van der Waals surface area contributed by atoms with E-state index in [0.29, 0.717) is 12.5 Å². The Hall–Kier alpha value is -1.53. The van der Waals surface area contributed by atoms with E-state index in [9.17, 15) is 0 Å². The topological polar surface area (TPSA) is 47.8 Å². The second-order valence-corrected chi connectivity index (χ2v) is 4.56. The van der Waals surface area contributed by atoms with Crippen LogP contribution in [0.4, 0.5) is 0 Å². The van der Waals surface area contributed by atoms with E-state index in [1.54, 1.807) is 18.4 Å². The number of hydrogen-bond acceptors (Lipinski definition) is 5. The monoisotopic (exact) mass is 267 g/mol. The van der Waals surface area contributed by atoms with Gasteiger partial charge >= 0.3 is 0 Å². The number of thiazole rings is 1. The normalized spacial score (nSPS) is 10.7. The number of aromatic nitrogens is 2. The van der Waals surface area contributed by atoms with E-state index < -0.39 is 0 Å². The van der Waals surface area contributed by atoms with E-state index in [2.05, 4.69) is 21.3 Å². The van der Waals surface area contributed by atoms with Crippen molar-refractivity contribution in [2.75, 3.05) is 20.3 Å². The zero-order valence-corrected chi connectivity index (χ0v) is 11.2. The summed E-state index contributed by atoms with van der Waals surface area (Å²) in [5, 5.41) is 5.37. The number of nitrogens with one attached hydrogen (secondary N) is 1. The van der Waals surface area contributed by atoms with Crippen LogP contribution in [0.15, 0.2) is 24.4 Å². The van der Waals surface area contributed by atoms with Gasteiger partial charge in [0, 0.05) is 18.1 Å². The fraction of sp³-hybridized carbons (Fsp3) is 0.417. The SMILES string of the molecule is C=COCCCNCc1c(OC)nc2sccn12. The highest BCUT2D eigenvalue weighted by molar-refractivity contribution is 7.15. The number of nitrogens with zero attached hydrogens (tertiary/aromatic N) is 2. The molecule has 2 heterocycles. The fourth-order valence-corrected chi connectivity index (χ4v) is 2.43. The lowest BCUT2D eigenvalue weighted by molar-refractivity contribution is 0.244. The van der Waals surface area contributed by atoms with Gasteiger partial charge in [-0.1, -0.05) is 6.58 Å². The average Bonchev–Trinajstić information content (AvgIpc) is 2.94. The van der Waals surface area contributed by atoms with Gasteiger partial charge in [-0.3, -0.25) is 4.40 Å². The second kappa shape index (κ2) is 6.42. The molecule has 0 fully saturated rings. The van der Waals surface area contributed by atoms with Gasteiger partial charge in [0.15, 0.2) is 4.96 Å². The van der Waals surface area contributed by atoms with Crippen LogP contribution < -0.4 is 10.1 Å². The first-order valence-electron chi connectivity index (χ1n) is 5.78. The summed E-state index contributed by atoms with van der Waals surface area (Å²) in [5.74, 6) is 0.691. The highest BCUT2D eigenvalue weighted by Gasteiger charge is 2.12. The third-order valence-corrected chi connectivity index (χ3v) is 3.30. The lowest BCUT2D eigenvalue weighted by Gasteiger charge is -2.05. The molecule has 0 saturated heterocycles. The molecule has 0 spiro atoms. The highest BCUT2D eigenvalue weighted by atomic mass is 32.1. The molecule has 0 amide bonds. The van der Waals surface area contributed by atoms with Gasteiger partial charge in [-0.25, -0.2) is 0 Å². The van der Waals surface area contributed by atoms with E-state index in [4.69, 9.17) is 9.47 Å². The molecule has 0 saturated carbocycles. The summed E-state index contributed by atoms with van der Waals surface area (Å²) >= 11 is 1.60. The molecule has 0 aliphatic heterocycles. The summed E-state index contributed by atoms with van der Waals surface area (Å²) in [6, 6.07) is 0. The minimum atomic E-state index is 0.688. The average molecular weight is 267 g/mol. The minimum Gasteiger partial charge on any atom is -0.502 e. The van der Waals surface area contributed by atoms with E-state index >= 15 is 0 Å². The van der Waals surface area contributed by atoms with Gasteiger partial charge < -0.3 is 14.8 Å². The van der Waals surface area contributed by atoms with E-state index in [0.717, 1.165) is 30.2 Å². The Morgan fingerprint density at radius 3 is 3.28 bits per heavy atom. The smallest absolute Gasteiger partial charge is 0.237 e. The van der Waals surface area contributed by atoms with Crippen LogP contribution in [0.3, 0.4) is 0 Å². The predicted octanol–water partition coefficient (Wildman–Crippen LogP) is 2.04. The van der Waals surface area contributed by atoms with Crippen molar-refractivity contribution in [1.29, 1.82) is 0 Å². The Labute approximate surface area is 110 Å². The van der Waals surface area contributed by atoms with Crippen molar-refractivity contribution < 1.29 is 9.47 Å². The first kappa shape index (κ1) is 12.9. The van der Waals surface area contributed by atoms with Crippen molar-refractivity contribution in [2.24, 2.45) is 0 Å². The zero-order chi connectivity index (χ0) is 12.8. The summed E-state index contributed by atoms with van der Waals surface area (Å²) in [6.45, 7) is 5.80. The van der Waals surface area contributed by atoms with E-state index in [-0.39, 0.29) is 0 Å². The van der Waals surface area contributed by atoms with Crippen molar-refractivity contribution in [3.63, 3.8) is 0 Å². The third-order valence-electron chi connectivity index (χ3n) is 2.54. The van der Waals surface area contributed by atoms with Crippen molar-refractivity contribution in [2.45, 2.75) is 13.0 Å². The molecule has 0 unspecified atom stereocenters. The van der Waals surface area contributed by atoms with Crippen molar-refractivity contribution >= 4 is 16.3 Å². The van der Waals surface area contributed by atoms with Gasteiger partial charge in [0.25, 0.3) is 0 Å². The molecule has 98 valence electrons. The van der Waals surface area contributed by atoms with Crippen LogP contribution in [-0.2, 0) is 11.3 Å². The molecule has 0 aliphatic carbocycles. The molecule has 1 N–H and O–H groups in total. The molecule has 0 radical (unpaired) electrons. The lowest BCUT2D eigenvalue weighted by Crippen LogP contribution is -2.17. The summed E-state index contributed by atoms with van der Waals surface area (Å²) < 4.78 is 12.4. The van der Waals surface area contributed by atoms with Crippen LogP contribution in [0.5, 0.6) is 5.88 Å². The van der Waals surface area contributed by atoms with Crippen LogP contribution in [0.2, 0.25) is 0 Å². The fourth-order valence-electron chi connectivity index (χ4n) is 1.71. The van der Waals surface area contributed by atoms with Gasteiger partial charge in [0.05, 0.1) is 20.0 Å². The van der Waals surface area contributed by atoms with Crippen molar-refractivity contribution in [1.82, 2.24) is 14.7 Å². The number of methoxy groups -OCH3 is 1. The minimum absolute atomic E-state index is 0.688. The third kappa shape index (κ3) is 2.83. The quantitative estimate of drug-likeness (QED) is 0.587. The van der Waals surface area contributed by atoms with Gasteiger partial charge in [0.2, 0.25) is 5.88 Å². The Bertz CT molecular complexity index is 506. The van der Waals surface area contributed by atoms with Gasteiger partial charge in [-0.2, -0.15) is 4.98 Å². The molecule has 18 heavy (non-hydrogen) atoms. The summed E-state index contributed by atoms with van der Waals surface area (Å²) in [5.41, 5.74) is 1.05. The predicted molar refractivity (Wildman–Crippen MR) is 72.1 cm³/mol. The van der Waals surface area contributed by atoms with E-state index in [1.165, 1.54) is 6.26 Å². The second-order valence-electron chi connectivity index (χ2n) is 3.69. The summed E-state index contributed by atoms with van der Waals surface area (Å²) in [4.78, 5) is 5.36. The molecule has 0 bridgehead atoms. The standard InChI is InChI=1S/C12H17N3O2S/c1-3-17-7-4-5-13-9-10-11(16-2)14-12-15(10)6-8-18-12/h3,6,8,13H,1,4-5,7,9H2,2H3. The molecule has 2 aromatic heterocycles. The molecule has 0 aromatic carbocycles. The summed E-state index contributed by atoms with van der Waals surface area (Å²) in [6.07, 6.45) is 4.42. The Balaban J connectivity index is 1.89. The van der Waals surface area contributed by atoms with Crippen LogP contribution in [0.1, 0.15) is 12.1 Å². The van der Waals surface area contributed by atoms with Crippen molar-refractivity contribution in [3.05, 3.63) is 30.1 Å². The molecule has 0 aliphatic rings. The van der Waals surface area contributed by atoms with Crippen LogP contribution in [0, 0.1) is 0 Å². The Kier molecular flexibility index (Phi) is 4.60. The number of ether oxygens (including phenoxy) is 2. The maximum absolute atomic E-state index is 5.28. The molecule has 5 nitrogen and oxygen atoms in total. The molecular formula is C12H17N3O2S. The Morgan fingerprint density at radius 1 is 1.61 bits per heavy atom. The first-order chi connectivity index (χ1) is 8.86. The number of hydrogen-bond donors (Lipinski definition) is 1. The van der Waals surface area contributed by atoms with Crippen LogP contribution in [-0.4, -0.2) is 29.6 Å². The molecular weight excluding hydrogens is 250 g/mol.